The number of hydrogen-bond acceptors (Lipinski definition) is 1. The molecule has 0 spiro atoms. The maximum absolute atomic E-state index is 4.35. The standard InChI is InChI=1S/C20H17N2/c1-2-6-16(7-3-1)15-22-13-12-21-14-20(22)19-11-10-17-8-4-5-9-18(17)19/h1-14,19H,15H2/q+1. The highest BCUT2D eigenvalue weighted by molar-refractivity contribution is 5.64. The van der Waals surface area contributed by atoms with Gasteiger partial charge in [0.25, 0.3) is 0 Å². The van der Waals surface area contributed by atoms with Crippen LogP contribution in [0.3, 0.4) is 0 Å². The summed E-state index contributed by atoms with van der Waals surface area (Å²) in [5.41, 5.74) is 5.20. The van der Waals surface area contributed by atoms with E-state index in [1.165, 1.54) is 22.4 Å². The fraction of sp³-hybridized carbons (Fsp3) is 0.100. The van der Waals surface area contributed by atoms with Crippen LogP contribution in [0.1, 0.15) is 28.3 Å². The molecular formula is C20H17N2+. The Morgan fingerprint density at radius 3 is 2.68 bits per heavy atom. The van der Waals surface area contributed by atoms with Crippen molar-refractivity contribution in [1.82, 2.24) is 4.98 Å². The molecule has 2 heteroatoms. The average molecular weight is 285 g/mol. The minimum atomic E-state index is 0.286. The Morgan fingerprint density at radius 2 is 1.77 bits per heavy atom. The monoisotopic (exact) mass is 285 g/mol. The largest absolute Gasteiger partial charge is 0.252 e. The number of rotatable bonds is 3. The van der Waals surface area contributed by atoms with E-state index in [0.29, 0.717) is 0 Å². The summed E-state index contributed by atoms with van der Waals surface area (Å²) >= 11 is 0. The molecule has 1 aliphatic carbocycles. The molecule has 1 atom stereocenters. The zero-order valence-electron chi connectivity index (χ0n) is 12.3. The van der Waals surface area contributed by atoms with E-state index in [0.717, 1.165) is 6.54 Å². The third kappa shape index (κ3) is 2.33. The molecule has 4 rings (SSSR count). The molecule has 0 N–H and O–H groups in total. The lowest BCUT2D eigenvalue weighted by atomic mass is 9.97. The highest BCUT2D eigenvalue weighted by Gasteiger charge is 2.26. The molecule has 1 unspecified atom stereocenters. The summed E-state index contributed by atoms with van der Waals surface area (Å²) in [5.74, 6) is 0.286. The topological polar surface area (TPSA) is 16.8 Å². The van der Waals surface area contributed by atoms with Gasteiger partial charge < -0.3 is 0 Å². The van der Waals surface area contributed by atoms with Gasteiger partial charge in [-0.25, -0.2) is 0 Å². The van der Waals surface area contributed by atoms with Crippen molar-refractivity contribution in [2.45, 2.75) is 12.5 Å². The van der Waals surface area contributed by atoms with Gasteiger partial charge in [0, 0.05) is 5.56 Å². The number of nitrogens with zero attached hydrogens (tertiary/aromatic N) is 2. The van der Waals surface area contributed by atoms with Gasteiger partial charge >= 0.3 is 0 Å². The normalized spacial score (nSPS) is 15.7. The maximum Gasteiger partial charge on any atom is 0.211 e. The Kier molecular flexibility index (Phi) is 3.28. The summed E-state index contributed by atoms with van der Waals surface area (Å²) in [5, 5.41) is 0. The fourth-order valence-corrected chi connectivity index (χ4v) is 3.09. The molecule has 0 fully saturated rings. The first-order valence-corrected chi connectivity index (χ1v) is 7.56. The maximum atomic E-state index is 4.35. The number of hydrogen-bond donors (Lipinski definition) is 0. The van der Waals surface area contributed by atoms with Gasteiger partial charge in [-0.3, -0.25) is 4.98 Å². The van der Waals surface area contributed by atoms with Gasteiger partial charge in [0.15, 0.2) is 12.7 Å². The smallest absolute Gasteiger partial charge is 0.211 e. The second-order valence-corrected chi connectivity index (χ2v) is 5.58. The van der Waals surface area contributed by atoms with Gasteiger partial charge in [0.1, 0.15) is 0 Å². The summed E-state index contributed by atoms with van der Waals surface area (Å²) in [6.07, 6.45) is 10.4. The van der Waals surface area contributed by atoms with Crippen molar-refractivity contribution in [1.29, 1.82) is 0 Å². The van der Waals surface area contributed by atoms with Crippen LogP contribution in [-0.4, -0.2) is 4.98 Å². The molecule has 0 amide bonds. The molecule has 1 aliphatic rings. The summed E-state index contributed by atoms with van der Waals surface area (Å²) < 4.78 is 2.29. The molecule has 0 aliphatic heterocycles. The Bertz CT molecular complexity index is 822. The van der Waals surface area contributed by atoms with Crippen molar-refractivity contribution >= 4 is 6.08 Å². The number of aromatic nitrogens is 2. The third-order valence-corrected chi connectivity index (χ3v) is 4.18. The predicted octanol–water partition coefficient (Wildman–Crippen LogP) is 3.58. The van der Waals surface area contributed by atoms with E-state index in [4.69, 9.17) is 0 Å². The van der Waals surface area contributed by atoms with Gasteiger partial charge in [-0.05, 0) is 11.1 Å². The van der Waals surface area contributed by atoms with Crippen LogP contribution in [0.15, 0.2) is 79.3 Å². The van der Waals surface area contributed by atoms with E-state index in [-0.39, 0.29) is 5.92 Å². The first-order chi connectivity index (χ1) is 10.9. The van der Waals surface area contributed by atoms with Crippen molar-refractivity contribution < 1.29 is 4.57 Å². The van der Waals surface area contributed by atoms with Crippen LogP contribution >= 0.6 is 0 Å². The zero-order valence-corrected chi connectivity index (χ0v) is 12.3. The minimum absolute atomic E-state index is 0.286. The molecule has 1 aromatic heterocycles. The number of allylic oxidation sites excluding steroid dienone is 1. The Labute approximate surface area is 130 Å². The van der Waals surface area contributed by atoms with Crippen LogP contribution < -0.4 is 4.57 Å². The van der Waals surface area contributed by atoms with Crippen LogP contribution in [0.5, 0.6) is 0 Å². The lowest BCUT2D eigenvalue weighted by molar-refractivity contribution is -0.696. The molecule has 0 saturated heterocycles. The van der Waals surface area contributed by atoms with E-state index in [2.05, 4.69) is 82.5 Å². The zero-order chi connectivity index (χ0) is 14.8. The Morgan fingerprint density at radius 1 is 0.955 bits per heavy atom. The quantitative estimate of drug-likeness (QED) is 0.672. The fourth-order valence-electron chi connectivity index (χ4n) is 3.09. The lowest BCUT2D eigenvalue weighted by Crippen LogP contribution is -2.39. The van der Waals surface area contributed by atoms with Gasteiger partial charge in [-0.15, -0.1) is 0 Å². The first kappa shape index (κ1) is 13.0. The summed E-state index contributed by atoms with van der Waals surface area (Å²) in [6, 6.07) is 19.1. The summed E-state index contributed by atoms with van der Waals surface area (Å²) in [4.78, 5) is 4.35. The van der Waals surface area contributed by atoms with Crippen molar-refractivity contribution in [3.63, 3.8) is 0 Å². The van der Waals surface area contributed by atoms with E-state index in [1.54, 1.807) is 0 Å². The Hall–Kier alpha value is -2.74. The number of benzene rings is 2. The van der Waals surface area contributed by atoms with Crippen LogP contribution in [0.4, 0.5) is 0 Å². The minimum Gasteiger partial charge on any atom is -0.252 e. The molecule has 106 valence electrons. The van der Waals surface area contributed by atoms with E-state index < -0.39 is 0 Å². The summed E-state index contributed by atoms with van der Waals surface area (Å²) in [7, 11) is 0. The molecule has 2 aromatic carbocycles. The van der Waals surface area contributed by atoms with Crippen molar-refractivity contribution in [2.24, 2.45) is 0 Å². The molecular weight excluding hydrogens is 268 g/mol. The summed E-state index contributed by atoms with van der Waals surface area (Å²) in [6.45, 7) is 0.866. The van der Waals surface area contributed by atoms with Crippen LogP contribution in [-0.2, 0) is 6.54 Å². The highest BCUT2D eigenvalue weighted by atomic mass is 15.0. The van der Waals surface area contributed by atoms with Crippen LogP contribution in [0, 0.1) is 0 Å². The molecule has 22 heavy (non-hydrogen) atoms. The number of fused-ring (bicyclic) bond motifs is 1. The van der Waals surface area contributed by atoms with Crippen LogP contribution in [0.25, 0.3) is 6.08 Å². The third-order valence-electron chi connectivity index (χ3n) is 4.18. The molecule has 0 bridgehead atoms. The second-order valence-electron chi connectivity index (χ2n) is 5.58. The van der Waals surface area contributed by atoms with Crippen LogP contribution in [0.2, 0.25) is 0 Å². The first-order valence-electron chi connectivity index (χ1n) is 7.56. The van der Waals surface area contributed by atoms with Crippen molar-refractivity contribution in [3.8, 4) is 0 Å². The molecule has 0 radical (unpaired) electrons. The van der Waals surface area contributed by atoms with Gasteiger partial charge in [-0.1, -0.05) is 66.7 Å². The van der Waals surface area contributed by atoms with Gasteiger partial charge in [-0.2, -0.15) is 4.57 Å². The lowest BCUT2D eigenvalue weighted by Gasteiger charge is -2.10. The van der Waals surface area contributed by atoms with Crippen molar-refractivity contribution in [3.05, 3.63) is 102 Å². The molecule has 3 aromatic rings. The van der Waals surface area contributed by atoms with Crippen molar-refractivity contribution in [2.75, 3.05) is 0 Å². The molecule has 2 nitrogen and oxygen atoms in total. The Balaban J connectivity index is 1.73. The molecule has 0 saturated carbocycles. The van der Waals surface area contributed by atoms with Gasteiger partial charge in [0.2, 0.25) is 5.69 Å². The van der Waals surface area contributed by atoms with E-state index in [9.17, 15) is 0 Å². The predicted molar refractivity (Wildman–Crippen MR) is 87.3 cm³/mol. The second kappa shape index (κ2) is 5.57. The average Bonchev–Trinajstić information content (AvgIpc) is 3.00. The highest BCUT2D eigenvalue weighted by Crippen LogP contribution is 2.33. The molecule has 1 heterocycles. The van der Waals surface area contributed by atoms with E-state index in [1.807, 2.05) is 12.4 Å². The van der Waals surface area contributed by atoms with Gasteiger partial charge in [0.05, 0.1) is 18.3 Å². The van der Waals surface area contributed by atoms with E-state index >= 15 is 0 Å². The SMILES string of the molecule is C1=CC(c2cncc[n+]2Cc2ccccc2)c2ccccc21.